The fourth-order valence-corrected chi connectivity index (χ4v) is 5.79. The molecule has 168 valence electrons. The molecular weight excluding hydrogens is 456 g/mol. The Labute approximate surface area is 191 Å². The molecule has 4 rings (SSSR count). The van der Waals surface area contributed by atoms with Crippen LogP contribution in [-0.4, -0.2) is 37.4 Å². The fraction of sp³-hybridized carbons (Fsp3) is 0.261. The molecule has 0 atom stereocenters. The normalized spacial score (nSPS) is 15.6. The van der Waals surface area contributed by atoms with Gasteiger partial charge in [0.2, 0.25) is 0 Å². The number of hydrogen-bond acceptors (Lipinski definition) is 4. The molecule has 2 heterocycles. The van der Waals surface area contributed by atoms with Crippen molar-refractivity contribution in [1.82, 2.24) is 9.88 Å². The Morgan fingerprint density at radius 1 is 1.00 bits per heavy atom. The SMILES string of the molecule is O=S(=O)(c1ccc(Cl)cc1)N(c1cc(F)ccc1F)C1CCN(Cc2ccncc2)CC1. The summed E-state index contributed by atoms with van der Waals surface area (Å²) < 4.78 is 56.9. The molecule has 0 aliphatic carbocycles. The van der Waals surface area contributed by atoms with E-state index in [2.05, 4.69) is 9.88 Å². The second kappa shape index (κ2) is 9.52. The van der Waals surface area contributed by atoms with E-state index >= 15 is 0 Å². The van der Waals surface area contributed by atoms with Crippen LogP contribution in [0.25, 0.3) is 0 Å². The molecule has 1 aliphatic heterocycles. The number of piperidine rings is 1. The molecule has 1 aliphatic rings. The lowest BCUT2D eigenvalue weighted by molar-refractivity contribution is 0.206. The minimum Gasteiger partial charge on any atom is -0.299 e. The van der Waals surface area contributed by atoms with E-state index in [4.69, 9.17) is 11.6 Å². The summed E-state index contributed by atoms with van der Waals surface area (Å²) >= 11 is 5.91. The van der Waals surface area contributed by atoms with Gasteiger partial charge in [0.25, 0.3) is 10.0 Å². The molecule has 1 fully saturated rings. The van der Waals surface area contributed by atoms with Crippen molar-refractivity contribution in [1.29, 1.82) is 0 Å². The Morgan fingerprint density at radius 2 is 1.66 bits per heavy atom. The number of nitrogens with zero attached hydrogens (tertiary/aromatic N) is 3. The van der Waals surface area contributed by atoms with Gasteiger partial charge in [-0.25, -0.2) is 17.2 Å². The molecule has 0 amide bonds. The maximum atomic E-state index is 14.7. The van der Waals surface area contributed by atoms with E-state index in [1.165, 1.54) is 24.3 Å². The predicted molar refractivity (Wildman–Crippen MR) is 120 cm³/mol. The van der Waals surface area contributed by atoms with Gasteiger partial charge in [-0.1, -0.05) is 11.6 Å². The standard InChI is InChI=1S/C23H22ClF2N3O2S/c24-18-1-4-21(5-2-18)32(30,31)29(23-15-19(25)3-6-22(23)26)20-9-13-28(14-10-20)16-17-7-11-27-12-8-17/h1-8,11-12,15,20H,9-10,13-14,16H2. The number of anilines is 1. The summed E-state index contributed by atoms with van der Waals surface area (Å²) in [7, 11) is -4.14. The van der Waals surface area contributed by atoms with Crippen LogP contribution in [-0.2, 0) is 16.6 Å². The topological polar surface area (TPSA) is 53.5 Å². The van der Waals surface area contributed by atoms with Crippen molar-refractivity contribution in [2.45, 2.75) is 30.3 Å². The summed E-state index contributed by atoms with van der Waals surface area (Å²) in [6.45, 7) is 1.96. The Bertz CT molecular complexity index is 1170. The number of hydrogen-bond donors (Lipinski definition) is 0. The van der Waals surface area contributed by atoms with Gasteiger partial charge in [-0.05, 0) is 66.9 Å². The third kappa shape index (κ3) is 4.92. The summed E-state index contributed by atoms with van der Waals surface area (Å²) in [6.07, 6.45) is 4.42. The molecule has 5 nitrogen and oxygen atoms in total. The van der Waals surface area contributed by atoms with Gasteiger partial charge in [-0.3, -0.25) is 14.2 Å². The van der Waals surface area contributed by atoms with Gasteiger partial charge in [0.15, 0.2) is 0 Å². The lowest BCUT2D eigenvalue weighted by Gasteiger charge is -2.39. The van der Waals surface area contributed by atoms with Crippen molar-refractivity contribution in [3.05, 3.63) is 89.2 Å². The molecule has 9 heteroatoms. The average molecular weight is 478 g/mol. The van der Waals surface area contributed by atoms with Crippen molar-refractivity contribution in [2.24, 2.45) is 0 Å². The fourth-order valence-electron chi connectivity index (χ4n) is 3.96. The Kier molecular flexibility index (Phi) is 6.74. The maximum absolute atomic E-state index is 14.7. The Balaban J connectivity index is 1.63. The predicted octanol–water partition coefficient (Wildman–Crippen LogP) is 4.87. The van der Waals surface area contributed by atoms with Crippen LogP contribution < -0.4 is 4.31 Å². The molecule has 0 saturated carbocycles. The largest absolute Gasteiger partial charge is 0.299 e. The van der Waals surface area contributed by atoms with E-state index in [1.54, 1.807) is 12.4 Å². The van der Waals surface area contributed by atoms with Gasteiger partial charge < -0.3 is 0 Å². The van der Waals surface area contributed by atoms with Crippen LogP contribution in [0.3, 0.4) is 0 Å². The molecule has 32 heavy (non-hydrogen) atoms. The second-order valence-electron chi connectivity index (χ2n) is 7.71. The van der Waals surface area contributed by atoms with Crippen LogP contribution in [0.2, 0.25) is 5.02 Å². The third-order valence-corrected chi connectivity index (χ3v) is 7.69. The highest BCUT2D eigenvalue weighted by Gasteiger charge is 2.35. The molecule has 0 spiro atoms. The van der Waals surface area contributed by atoms with Crippen molar-refractivity contribution < 1.29 is 17.2 Å². The molecule has 3 aromatic rings. The maximum Gasteiger partial charge on any atom is 0.264 e. The van der Waals surface area contributed by atoms with Gasteiger partial charge in [-0.2, -0.15) is 0 Å². The second-order valence-corrected chi connectivity index (χ2v) is 9.96. The molecule has 2 aromatic carbocycles. The highest BCUT2D eigenvalue weighted by molar-refractivity contribution is 7.92. The van der Waals surface area contributed by atoms with Crippen LogP contribution in [0.5, 0.6) is 0 Å². The zero-order chi connectivity index (χ0) is 22.7. The number of rotatable bonds is 6. The summed E-state index contributed by atoms with van der Waals surface area (Å²) in [5, 5.41) is 0.386. The first kappa shape index (κ1) is 22.6. The van der Waals surface area contributed by atoms with Gasteiger partial charge in [0.05, 0.1) is 10.6 Å². The summed E-state index contributed by atoms with van der Waals surface area (Å²) in [5.74, 6) is -1.49. The van der Waals surface area contributed by atoms with Gasteiger partial charge >= 0.3 is 0 Å². The van der Waals surface area contributed by atoms with E-state index in [-0.39, 0.29) is 10.6 Å². The van der Waals surface area contributed by atoms with E-state index in [0.717, 1.165) is 28.1 Å². The average Bonchev–Trinajstić information content (AvgIpc) is 2.78. The number of sulfonamides is 1. The molecule has 0 unspecified atom stereocenters. The highest BCUT2D eigenvalue weighted by Crippen LogP contribution is 2.33. The zero-order valence-electron chi connectivity index (χ0n) is 17.2. The smallest absolute Gasteiger partial charge is 0.264 e. The molecule has 0 N–H and O–H groups in total. The number of pyridine rings is 1. The summed E-state index contributed by atoms with van der Waals surface area (Å²) in [5.41, 5.74) is 0.827. The first-order valence-corrected chi connectivity index (χ1v) is 12.0. The van der Waals surface area contributed by atoms with Crippen molar-refractivity contribution >= 4 is 27.3 Å². The van der Waals surface area contributed by atoms with Gasteiger partial charge in [0, 0.05) is 49.2 Å². The molecule has 1 aromatic heterocycles. The Morgan fingerprint density at radius 3 is 2.31 bits per heavy atom. The first-order valence-electron chi connectivity index (χ1n) is 10.2. The lowest BCUT2D eigenvalue weighted by atomic mass is 10.0. The number of likely N-dealkylation sites (tertiary alicyclic amines) is 1. The van der Waals surface area contributed by atoms with Crippen LogP contribution in [0.1, 0.15) is 18.4 Å². The lowest BCUT2D eigenvalue weighted by Crippen LogP contribution is -2.47. The van der Waals surface area contributed by atoms with E-state index in [0.29, 0.717) is 37.5 Å². The Hall–Kier alpha value is -2.55. The van der Waals surface area contributed by atoms with Gasteiger partial charge in [0.1, 0.15) is 11.6 Å². The van der Waals surface area contributed by atoms with E-state index in [1.807, 2.05) is 12.1 Å². The van der Waals surface area contributed by atoms with E-state index < -0.39 is 27.7 Å². The molecular formula is C23H22ClF2N3O2S. The summed E-state index contributed by atoms with van der Waals surface area (Å²) in [6, 6.07) is 11.9. The third-order valence-electron chi connectivity index (χ3n) is 5.56. The van der Waals surface area contributed by atoms with Crippen molar-refractivity contribution in [2.75, 3.05) is 17.4 Å². The van der Waals surface area contributed by atoms with Crippen LogP contribution in [0.15, 0.2) is 71.9 Å². The van der Waals surface area contributed by atoms with Crippen molar-refractivity contribution in [3.8, 4) is 0 Å². The quantitative estimate of drug-likeness (QED) is 0.508. The number of benzene rings is 2. The monoisotopic (exact) mass is 477 g/mol. The molecule has 0 radical (unpaired) electrons. The van der Waals surface area contributed by atoms with Gasteiger partial charge in [-0.15, -0.1) is 0 Å². The van der Waals surface area contributed by atoms with Crippen LogP contribution in [0.4, 0.5) is 14.5 Å². The van der Waals surface area contributed by atoms with Crippen LogP contribution in [0, 0.1) is 11.6 Å². The van der Waals surface area contributed by atoms with E-state index in [9.17, 15) is 17.2 Å². The number of halogens is 3. The van der Waals surface area contributed by atoms with Crippen molar-refractivity contribution in [3.63, 3.8) is 0 Å². The molecule has 0 bridgehead atoms. The minimum absolute atomic E-state index is 0.0234. The molecule has 1 saturated heterocycles. The van der Waals surface area contributed by atoms with Crippen LogP contribution >= 0.6 is 11.6 Å². The zero-order valence-corrected chi connectivity index (χ0v) is 18.7. The summed E-state index contributed by atoms with van der Waals surface area (Å²) in [4.78, 5) is 6.20. The number of aromatic nitrogens is 1. The highest BCUT2D eigenvalue weighted by atomic mass is 35.5. The first-order chi connectivity index (χ1) is 15.3. The minimum atomic E-state index is -4.14.